The van der Waals surface area contributed by atoms with Crippen LogP contribution in [0.5, 0.6) is 5.75 Å². The van der Waals surface area contributed by atoms with Gasteiger partial charge >= 0.3 is 5.97 Å². The fourth-order valence-corrected chi connectivity index (χ4v) is 3.04. The highest BCUT2D eigenvalue weighted by Gasteiger charge is 2.20. The van der Waals surface area contributed by atoms with Crippen molar-refractivity contribution < 1.29 is 18.7 Å². The summed E-state index contributed by atoms with van der Waals surface area (Å²) in [6.07, 6.45) is 1.90. The van der Waals surface area contributed by atoms with Gasteiger partial charge in [0, 0.05) is 16.7 Å². The van der Waals surface area contributed by atoms with Crippen LogP contribution in [0.4, 0.5) is 0 Å². The van der Waals surface area contributed by atoms with Crippen LogP contribution < -0.4 is 10.2 Å². The molecule has 3 rings (SSSR count). The Kier molecular flexibility index (Phi) is 6.37. The highest BCUT2D eigenvalue weighted by atomic mass is 35.5. The number of fused-ring (bicyclic) bond motifs is 1. The molecule has 1 atom stereocenters. The number of carbonyl (C=O) groups excluding carboxylic acids is 1. The minimum Gasteiger partial charge on any atom is -0.479 e. The van der Waals surface area contributed by atoms with E-state index in [0.29, 0.717) is 45.9 Å². The van der Waals surface area contributed by atoms with Crippen LogP contribution in [0.25, 0.3) is 22.1 Å². The highest BCUT2D eigenvalue weighted by molar-refractivity contribution is 6.33. The number of ether oxygens (including phenoxy) is 2. The standard InChI is InChI=1S/C22H21ClO5/c1-3-11-26-22(25)19(4-2)28-14-9-10-16-20(12-14)27-13-17(21(16)24)15-7-5-6-8-18(15)23/h5-10,12-13,19H,3-4,11H2,1-2H3. The number of carbonyl (C=O) groups is 1. The minimum atomic E-state index is -0.710. The Morgan fingerprint density at radius 3 is 2.64 bits per heavy atom. The molecule has 0 bridgehead atoms. The van der Waals surface area contributed by atoms with Gasteiger partial charge in [0.25, 0.3) is 0 Å². The Labute approximate surface area is 167 Å². The van der Waals surface area contributed by atoms with E-state index in [-0.39, 0.29) is 5.43 Å². The van der Waals surface area contributed by atoms with Crippen molar-refractivity contribution >= 4 is 28.5 Å². The maximum absolute atomic E-state index is 12.9. The summed E-state index contributed by atoms with van der Waals surface area (Å²) in [5.41, 5.74) is 1.19. The normalized spacial score (nSPS) is 12.0. The van der Waals surface area contributed by atoms with Gasteiger partial charge in [0.05, 0.1) is 17.6 Å². The summed E-state index contributed by atoms with van der Waals surface area (Å²) >= 11 is 6.20. The van der Waals surface area contributed by atoms with Crippen LogP contribution in [-0.4, -0.2) is 18.7 Å². The number of halogens is 1. The summed E-state index contributed by atoms with van der Waals surface area (Å²) in [5.74, 6) is 0.0291. The first-order chi connectivity index (χ1) is 13.5. The number of benzene rings is 2. The third-order valence-corrected chi connectivity index (χ3v) is 4.60. The number of esters is 1. The average Bonchev–Trinajstić information content (AvgIpc) is 2.71. The summed E-state index contributed by atoms with van der Waals surface area (Å²) < 4.78 is 16.6. The van der Waals surface area contributed by atoms with Crippen molar-refractivity contribution in [2.45, 2.75) is 32.8 Å². The van der Waals surface area contributed by atoms with Crippen molar-refractivity contribution in [1.29, 1.82) is 0 Å². The molecule has 0 radical (unpaired) electrons. The average molecular weight is 401 g/mol. The van der Waals surface area contributed by atoms with Crippen molar-refractivity contribution in [3.05, 3.63) is 64.0 Å². The molecule has 0 saturated heterocycles. The molecule has 0 amide bonds. The molecule has 28 heavy (non-hydrogen) atoms. The van der Waals surface area contributed by atoms with E-state index in [1.165, 1.54) is 6.26 Å². The van der Waals surface area contributed by atoms with Gasteiger partial charge in [-0.1, -0.05) is 43.6 Å². The van der Waals surface area contributed by atoms with E-state index < -0.39 is 12.1 Å². The van der Waals surface area contributed by atoms with Gasteiger partial charge in [-0.2, -0.15) is 0 Å². The lowest BCUT2D eigenvalue weighted by atomic mass is 10.1. The lowest BCUT2D eigenvalue weighted by molar-refractivity contribution is -0.152. The number of hydrogen-bond acceptors (Lipinski definition) is 5. The zero-order chi connectivity index (χ0) is 20.1. The second kappa shape index (κ2) is 8.93. The Morgan fingerprint density at radius 1 is 1.14 bits per heavy atom. The molecule has 146 valence electrons. The van der Waals surface area contributed by atoms with Crippen molar-refractivity contribution in [3.63, 3.8) is 0 Å². The fourth-order valence-electron chi connectivity index (χ4n) is 2.81. The van der Waals surface area contributed by atoms with Gasteiger partial charge in [-0.25, -0.2) is 4.79 Å². The molecule has 3 aromatic rings. The molecule has 5 nitrogen and oxygen atoms in total. The highest BCUT2D eigenvalue weighted by Crippen LogP contribution is 2.28. The van der Waals surface area contributed by atoms with Gasteiger partial charge in [-0.15, -0.1) is 0 Å². The van der Waals surface area contributed by atoms with Crippen LogP contribution in [-0.2, 0) is 9.53 Å². The second-order valence-electron chi connectivity index (χ2n) is 6.30. The summed E-state index contributed by atoms with van der Waals surface area (Å²) in [6.45, 7) is 4.13. The molecule has 1 unspecified atom stereocenters. The molecule has 0 aliphatic carbocycles. The predicted octanol–water partition coefficient (Wildman–Crippen LogP) is 5.22. The van der Waals surface area contributed by atoms with E-state index in [0.717, 1.165) is 6.42 Å². The maximum Gasteiger partial charge on any atom is 0.347 e. The molecule has 1 aromatic heterocycles. The van der Waals surface area contributed by atoms with Gasteiger partial charge in [-0.05, 0) is 31.0 Å². The van der Waals surface area contributed by atoms with E-state index >= 15 is 0 Å². The van der Waals surface area contributed by atoms with E-state index in [9.17, 15) is 9.59 Å². The molecular weight excluding hydrogens is 380 g/mol. The first kappa shape index (κ1) is 20.0. The van der Waals surface area contributed by atoms with E-state index in [1.807, 2.05) is 19.9 Å². The predicted molar refractivity (Wildman–Crippen MR) is 109 cm³/mol. The molecule has 0 spiro atoms. The van der Waals surface area contributed by atoms with Crippen LogP contribution >= 0.6 is 11.6 Å². The van der Waals surface area contributed by atoms with Crippen LogP contribution in [0.15, 0.2) is 57.9 Å². The molecule has 0 fully saturated rings. The van der Waals surface area contributed by atoms with Crippen molar-refractivity contribution in [2.75, 3.05) is 6.61 Å². The first-order valence-electron chi connectivity index (χ1n) is 9.18. The molecule has 0 N–H and O–H groups in total. The Morgan fingerprint density at radius 2 is 1.93 bits per heavy atom. The minimum absolute atomic E-state index is 0.185. The molecule has 2 aromatic carbocycles. The lowest BCUT2D eigenvalue weighted by Crippen LogP contribution is -2.28. The summed E-state index contributed by atoms with van der Waals surface area (Å²) in [4.78, 5) is 24.9. The SMILES string of the molecule is CCCOC(=O)C(CC)Oc1ccc2c(=O)c(-c3ccccc3Cl)coc2c1. The van der Waals surface area contributed by atoms with Crippen LogP contribution in [0.1, 0.15) is 26.7 Å². The quantitative estimate of drug-likeness (QED) is 0.508. The smallest absolute Gasteiger partial charge is 0.347 e. The first-order valence-corrected chi connectivity index (χ1v) is 9.56. The molecule has 0 saturated carbocycles. The summed E-state index contributed by atoms with van der Waals surface area (Å²) in [7, 11) is 0. The molecular formula is C22H21ClO5. The monoisotopic (exact) mass is 400 g/mol. The van der Waals surface area contributed by atoms with Gasteiger partial charge in [-0.3, -0.25) is 4.79 Å². The Bertz CT molecular complexity index is 1040. The fraction of sp³-hybridized carbons (Fsp3) is 0.273. The van der Waals surface area contributed by atoms with Gasteiger partial charge in [0.1, 0.15) is 17.6 Å². The van der Waals surface area contributed by atoms with E-state index in [1.54, 1.807) is 36.4 Å². The van der Waals surface area contributed by atoms with Crippen LogP contribution in [0.3, 0.4) is 0 Å². The zero-order valence-corrected chi connectivity index (χ0v) is 16.5. The van der Waals surface area contributed by atoms with E-state index in [4.69, 9.17) is 25.5 Å². The zero-order valence-electron chi connectivity index (χ0n) is 15.7. The van der Waals surface area contributed by atoms with E-state index in [2.05, 4.69) is 0 Å². The second-order valence-corrected chi connectivity index (χ2v) is 6.71. The Hall–Kier alpha value is -2.79. The largest absolute Gasteiger partial charge is 0.479 e. The Balaban J connectivity index is 1.91. The molecule has 1 heterocycles. The number of hydrogen-bond donors (Lipinski definition) is 0. The van der Waals surface area contributed by atoms with Gasteiger partial charge < -0.3 is 13.9 Å². The topological polar surface area (TPSA) is 65.7 Å². The van der Waals surface area contributed by atoms with Gasteiger partial charge in [0.2, 0.25) is 5.43 Å². The summed E-state index contributed by atoms with van der Waals surface area (Å²) in [6, 6.07) is 12.0. The van der Waals surface area contributed by atoms with Crippen LogP contribution in [0.2, 0.25) is 5.02 Å². The third kappa shape index (κ3) is 4.20. The lowest BCUT2D eigenvalue weighted by Gasteiger charge is -2.16. The summed E-state index contributed by atoms with van der Waals surface area (Å²) in [5, 5.41) is 0.886. The maximum atomic E-state index is 12.9. The molecule has 6 heteroatoms. The molecule has 0 aliphatic heterocycles. The third-order valence-electron chi connectivity index (χ3n) is 4.27. The molecule has 0 aliphatic rings. The van der Waals surface area contributed by atoms with Crippen LogP contribution in [0, 0.1) is 0 Å². The van der Waals surface area contributed by atoms with Crippen molar-refractivity contribution in [2.24, 2.45) is 0 Å². The van der Waals surface area contributed by atoms with Crippen molar-refractivity contribution in [3.8, 4) is 16.9 Å². The number of rotatable bonds is 7. The van der Waals surface area contributed by atoms with Gasteiger partial charge in [0.15, 0.2) is 6.10 Å². The van der Waals surface area contributed by atoms with Crippen molar-refractivity contribution in [1.82, 2.24) is 0 Å².